The van der Waals surface area contributed by atoms with E-state index in [0.717, 1.165) is 16.6 Å². The van der Waals surface area contributed by atoms with Gasteiger partial charge in [-0.1, -0.05) is 18.2 Å². The quantitative estimate of drug-likeness (QED) is 0.490. The number of imidazole rings is 1. The molecule has 32 heavy (non-hydrogen) atoms. The van der Waals surface area contributed by atoms with Crippen LogP contribution in [0.25, 0.3) is 22.4 Å². The average Bonchev–Trinajstić information content (AvgIpc) is 3.25. The maximum absolute atomic E-state index is 13.0. The molecule has 5 rings (SSSR count). The third-order valence-electron chi connectivity index (χ3n) is 5.19. The summed E-state index contributed by atoms with van der Waals surface area (Å²) in [4.78, 5) is 21.0. The van der Waals surface area contributed by atoms with Gasteiger partial charge in [0.05, 0.1) is 25.3 Å². The fourth-order valence-corrected chi connectivity index (χ4v) is 3.70. The summed E-state index contributed by atoms with van der Waals surface area (Å²) in [6.07, 6.45) is 0. The van der Waals surface area contributed by atoms with Gasteiger partial charge in [-0.05, 0) is 24.3 Å². The molecule has 0 bridgehead atoms. The van der Waals surface area contributed by atoms with Gasteiger partial charge in [0.25, 0.3) is 5.91 Å². The number of anilines is 1. The number of H-pyrrole nitrogens is 1. The van der Waals surface area contributed by atoms with Crippen LogP contribution in [0.4, 0.5) is 5.69 Å². The van der Waals surface area contributed by atoms with Crippen LogP contribution in [0.2, 0.25) is 0 Å². The number of rotatable bonds is 5. The van der Waals surface area contributed by atoms with Crippen LogP contribution in [0.5, 0.6) is 23.0 Å². The van der Waals surface area contributed by atoms with E-state index in [1.165, 1.54) is 14.2 Å². The Bertz CT molecular complexity index is 1250. The van der Waals surface area contributed by atoms with E-state index in [9.17, 15) is 4.79 Å². The summed E-state index contributed by atoms with van der Waals surface area (Å²) < 4.78 is 22.0. The van der Waals surface area contributed by atoms with E-state index in [-0.39, 0.29) is 5.91 Å². The first kappa shape index (κ1) is 19.7. The second kappa shape index (κ2) is 8.14. The van der Waals surface area contributed by atoms with Crippen LogP contribution in [-0.4, -0.2) is 43.3 Å². The van der Waals surface area contributed by atoms with Crippen molar-refractivity contribution in [2.75, 3.05) is 32.8 Å². The number of fused-ring (bicyclic) bond motifs is 2. The highest BCUT2D eigenvalue weighted by atomic mass is 16.6. The molecule has 0 radical (unpaired) electrons. The minimum absolute atomic E-state index is 0.331. The van der Waals surface area contributed by atoms with Crippen LogP contribution < -0.4 is 24.3 Å². The van der Waals surface area contributed by atoms with Gasteiger partial charge in [0.1, 0.15) is 36.1 Å². The number of hydrogen-bond acceptors (Lipinski definition) is 6. The zero-order chi connectivity index (χ0) is 22.1. The molecule has 0 saturated carbocycles. The Morgan fingerprint density at radius 1 is 0.969 bits per heavy atom. The van der Waals surface area contributed by atoms with Crippen molar-refractivity contribution in [3.05, 3.63) is 60.2 Å². The first-order chi connectivity index (χ1) is 15.7. The van der Waals surface area contributed by atoms with Crippen molar-refractivity contribution >= 4 is 22.6 Å². The van der Waals surface area contributed by atoms with Crippen molar-refractivity contribution in [2.24, 2.45) is 0 Å². The van der Waals surface area contributed by atoms with E-state index in [0.29, 0.717) is 53.3 Å². The topological polar surface area (TPSA) is 94.7 Å². The van der Waals surface area contributed by atoms with Crippen LogP contribution in [0.3, 0.4) is 0 Å². The molecule has 0 saturated heterocycles. The molecule has 1 aromatic heterocycles. The molecule has 2 heterocycles. The van der Waals surface area contributed by atoms with E-state index in [1.807, 2.05) is 36.4 Å². The molecule has 8 nitrogen and oxygen atoms in total. The molecule has 8 heteroatoms. The number of ether oxygens (including phenoxy) is 4. The molecule has 0 unspecified atom stereocenters. The number of amides is 1. The van der Waals surface area contributed by atoms with Crippen LogP contribution in [-0.2, 0) is 0 Å². The van der Waals surface area contributed by atoms with Crippen LogP contribution in [0.1, 0.15) is 10.4 Å². The molecule has 162 valence electrons. The highest BCUT2D eigenvalue weighted by Gasteiger charge is 2.19. The Morgan fingerprint density at radius 3 is 2.38 bits per heavy atom. The average molecular weight is 431 g/mol. The maximum Gasteiger partial charge on any atom is 0.263 e. The Balaban J connectivity index is 1.45. The van der Waals surface area contributed by atoms with Crippen molar-refractivity contribution in [2.45, 2.75) is 0 Å². The number of aromatic nitrogens is 2. The van der Waals surface area contributed by atoms with E-state index < -0.39 is 0 Å². The lowest BCUT2D eigenvalue weighted by Crippen LogP contribution is -2.15. The number of aromatic amines is 1. The second-order valence-corrected chi connectivity index (χ2v) is 7.17. The van der Waals surface area contributed by atoms with E-state index >= 15 is 0 Å². The van der Waals surface area contributed by atoms with Crippen molar-refractivity contribution in [3.63, 3.8) is 0 Å². The van der Waals surface area contributed by atoms with Crippen molar-refractivity contribution < 1.29 is 23.7 Å². The summed E-state index contributed by atoms with van der Waals surface area (Å²) in [6.45, 7) is 1.05. The van der Waals surface area contributed by atoms with Crippen molar-refractivity contribution in [1.29, 1.82) is 0 Å². The van der Waals surface area contributed by atoms with E-state index in [1.54, 1.807) is 18.2 Å². The van der Waals surface area contributed by atoms with Crippen LogP contribution in [0, 0.1) is 0 Å². The summed E-state index contributed by atoms with van der Waals surface area (Å²) in [5.74, 6) is 2.60. The summed E-state index contributed by atoms with van der Waals surface area (Å²) in [7, 11) is 3.03. The fraction of sp³-hybridized carbons (Fsp3) is 0.167. The number of carbonyl (C=O) groups is 1. The van der Waals surface area contributed by atoms with Crippen LogP contribution >= 0.6 is 0 Å². The second-order valence-electron chi connectivity index (χ2n) is 7.17. The molecule has 2 N–H and O–H groups in total. The smallest absolute Gasteiger partial charge is 0.263 e. The minimum atomic E-state index is -0.331. The number of benzene rings is 3. The van der Waals surface area contributed by atoms with Gasteiger partial charge < -0.3 is 29.2 Å². The lowest BCUT2D eigenvalue weighted by atomic mass is 10.1. The highest BCUT2D eigenvalue weighted by molar-refractivity contribution is 6.08. The third kappa shape index (κ3) is 3.56. The lowest BCUT2D eigenvalue weighted by molar-refractivity contribution is 0.102. The van der Waals surface area contributed by atoms with Gasteiger partial charge in [0.15, 0.2) is 11.5 Å². The molecule has 1 aliphatic heterocycles. The zero-order valence-corrected chi connectivity index (χ0v) is 17.6. The van der Waals surface area contributed by atoms with Crippen LogP contribution in [0.15, 0.2) is 54.6 Å². The summed E-state index contributed by atoms with van der Waals surface area (Å²) in [5.41, 5.74) is 3.39. The SMILES string of the molecule is COc1cccc(OC)c1C(=O)Nc1cccc(-c2nc3cc4c(cc3[nH]2)OCCO4)c1. The van der Waals surface area contributed by atoms with Gasteiger partial charge in [0.2, 0.25) is 0 Å². The molecule has 0 fully saturated rings. The van der Waals surface area contributed by atoms with Gasteiger partial charge in [-0.15, -0.1) is 0 Å². The minimum Gasteiger partial charge on any atom is -0.496 e. The highest BCUT2D eigenvalue weighted by Crippen LogP contribution is 2.35. The maximum atomic E-state index is 13.0. The first-order valence-electron chi connectivity index (χ1n) is 10.1. The third-order valence-corrected chi connectivity index (χ3v) is 5.19. The Morgan fingerprint density at radius 2 is 1.66 bits per heavy atom. The zero-order valence-electron chi connectivity index (χ0n) is 17.6. The molecule has 4 aromatic rings. The monoisotopic (exact) mass is 431 g/mol. The number of hydrogen-bond donors (Lipinski definition) is 2. The molecular formula is C24H21N3O5. The first-order valence-corrected chi connectivity index (χ1v) is 10.1. The molecule has 0 aliphatic carbocycles. The normalized spacial score (nSPS) is 12.4. The largest absolute Gasteiger partial charge is 0.496 e. The molecule has 0 spiro atoms. The van der Waals surface area contributed by atoms with Gasteiger partial charge >= 0.3 is 0 Å². The molecular weight excluding hydrogens is 410 g/mol. The molecule has 3 aromatic carbocycles. The van der Waals surface area contributed by atoms with Gasteiger partial charge in [-0.3, -0.25) is 4.79 Å². The Labute approximate surface area is 184 Å². The number of methoxy groups -OCH3 is 2. The molecule has 1 aliphatic rings. The van der Waals surface area contributed by atoms with Crippen molar-refractivity contribution in [1.82, 2.24) is 9.97 Å². The van der Waals surface area contributed by atoms with Gasteiger partial charge in [0, 0.05) is 23.4 Å². The molecule has 0 atom stereocenters. The summed E-state index contributed by atoms with van der Waals surface area (Å²) >= 11 is 0. The summed E-state index contributed by atoms with van der Waals surface area (Å²) in [5, 5.41) is 2.92. The standard InChI is InChI=1S/C24H21N3O5/c1-29-18-7-4-8-19(30-2)22(18)24(28)25-15-6-3-5-14(11-15)23-26-16-12-20-21(13-17(16)27-23)32-10-9-31-20/h3-8,11-13H,9-10H2,1-2H3,(H,25,28)(H,26,27). The van der Waals surface area contributed by atoms with Crippen molar-refractivity contribution in [3.8, 4) is 34.4 Å². The van der Waals surface area contributed by atoms with Gasteiger partial charge in [-0.2, -0.15) is 0 Å². The van der Waals surface area contributed by atoms with Gasteiger partial charge in [-0.25, -0.2) is 4.98 Å². The number of nitrogens with zero attached hydrogens (tertiary/aromatic N) is 1. The summed E-state index contributed by atoms with van der Waals surface area (Å²) in [6, 6.07) is 16.4. The van der Waals surface area contributed by atoms with E-state index in [2.05, 4.69) is 15.3 Å². The Kier molecular flexibility index (Phi) is 5.03. The Hall–Kier alpha value is -4.20. The predicted octanol–water partition coefficient (Wildman–Crippen LogP) is 4.27. The molecule has 1 amide bonds. The lowest BCUT2D eigenvalue weighted by Gasteiger charge is -2.17. The predicted molar refractivity (Wildman–Crippen MR) is 120 cm³/mol. The number of nitrogens with one attached hydrogen (secondary N) is 2. The number of carbonyl (C=O) groups excluding carboxylic acids is 1. The fourth-order valence-electron chi connectivity index (χ4n) is 3.70. The van der Waals surface area contributed by atoms with E-state index in [4.69, 9.17) is 18.9 Å².